The molecule has 85 heavy (non-hydrogen) atoms. The van der Waals surface area contributed by atoms with Crippen molar-refractivity contribution in [2.45, 2.75) is 38.5 Å². The number of rotatable bonds is 14. The van der Waals surface area contributed by atoms with Crippen LogP contribution in [0.3, 0.4) is 0 Å². The Morgan fingerprint density at radius 3 is 1.52 bits per heavy atom. The molecule has 12 aromatic carbocycles. The lowest BCUT2D eigenvalue weighted by atomic mass is 9.66. The lowest BCUT2D eigenvalue weighted by molar-refractivity contribution is 0.482. The van der Waals surface area contributed by atoms with Crippen LogP contribution in [0.2, 0.25) is 0 Å². The number of aryl methyl sites for hydroxylation is 2. The van der Waals surface area contributed by atoms with Gasteiger partial charge in [-0.3, -0.25) is 0 Å². The molecule has 3 heteroatoms. The monoisotopic (exact) mass is 1090 g/mol. The molecule has 0 aliphatic heterocycles. The number of anilines is 3. The van der Waals surface area contributed by atoms with Crippen molar-refractivity contribution in [3.63, 3.8) is 0 Å². The average Bonchev–Trinajstić information content (AvgIpc) is 3.66. The number of aromatic nitrogens is 1. The zero-order valence-electron chi connectivity index (χ0n) is 48.4. The van der Waals surface area contributed by atoms with Gasteiger partial charge in [0.05, 0.1) is 16.4 Å². The molecule has 0 N–H and O–H groups in total. The second-order valence-corrected chi connectivity index (χ2v) is 23.1. The standard InChI is InChI=1S/C82H64N2O/c1-7-57-25-29-59(30-26-57)61-33-49-79-74(52-61)75-53-62(34-50-80(75)84(79)66-19-13-10-14-20-66)60-31-39-67(40-32-60)83(68-41-35-64(36-42-68)81(5,6)63-17-11-9-12-18-63)69-43-48-73-72-21-15-16-22-76(72)82(78(73)54-69,77-51-55(3)23-24-56(77)4)65-37-46-71(47-38-65)85-70-44-27-58(8-2)28-45-70/h7-54H,1-2H2,3-6H3. The molecule has 1 atom stereocenters. The first kappa shape index (κ1) is 52.6. The Kier molecular flexibility index (Phi) is 13.2. The van der Waals surface area contributed by atoms with E-state index in [0.717, 1.165) is 56.5 Å². The van der Waals surface area contributed by atoms with Crippen LogP contribution in [-0.4, -0.2) is 4.57 Å². The van der Waals surface area contributed by atoms with E-state index in [4.69, 9.17) is 4.74 Å². The van der Waals surface area contributed by atoms with Crippen molar-refractivity contribution in [2.24, 2.45) is 0 Å². The molecule has 1 unspecified atom stereocenters. The molecule has 14 rings (SSSR count). The van der Waals surface area contributed by atoms with Gasteiger partial charge in [-0.15, -0.1) is 0 Å². The third-order valence-corrected chi connectivity index (χ3v) is 17.8. The Balaban J connectivity index is 0.917. The predicted molar refractivity (Wildman–Crippen MR) is 358 cm³/mol. The summed E-state index contributed by atoms with van der Waals surface area (Å²) in [7, 11) is 0. The van der Waals surface area contributed by atoms with E-state index in [1.54, 1.807) is 0 Å². The Labute approximate surface area is 499 Å². The van der Waals surface area contributed by atoms with Crippen molar-refractivity contribution in [3.05, 3.63) is 348 Å². The minimum Gasteiger partial charge on any atom is -0.457 e. The number of benzene rings is 12. The van der Waals surface area contributed by atoms with Gasteiger partial charge < -0.3 is 14.2 Å². The van der Waals surface area contributed by atoms with Gasteiger partial charge in [-0.05, 0) is 194 Å². The predicted octanol–water partition coefficient (Wildman–Crippen LogP) is 22.0. The van der Waals surface area contributed by atoms with Gasteiger partial charge in [0.1, 0.15) is 11.5 Å². The normalized spacial score (nSPS) is 13.6. The smallest absolute Gasteiger partial charge is 0.127 e. The first-order chi connectivity index (χ1) is 41.6. The Bertz CT molecular complexity index is 4650. The van der Waals surface area contributed by atoms with E-state index in [2.05, 4.69) is 305 Å². The number of ether oxygens (including phenoxy) is 1. The Hall–Kier alpha value is -10.5. The maximum atomic E-state index is 6.49. The van der Waals surface area contributed by atoms with Crippen LogP contribution in [-0.2, 0) is 10.8 Å². The molecular weight excluding hydrogens is 1030 g/mol. The van der Waals surface area contributed by atoms with Crippen molar-refractivity contribution in [1.29, 1.82) is 0 Å². The van der Waals surface area contributed by atoms with Crippen LogP contribution in [0.4, 0.5) is 17.1 Å². The molecule has 1 aliphatic carbocycles. The molecule has 0 amide bonds. The van der Waals surface area contributed by atoms with E-state index in [0.29, 0.717) is 0 Å². The molecular formula is C82H64N2O. The molecule has 3 nitrogen and oxygen atoms in total. The number of hydrogen-bond acceptors (Lipinski definition) is 2. The van der Waals surface area contributed by atoms with Gasteiger partial charge in [0, 0.05) is 38.9 Å². The topological polar surface area (TPSA) is 17.4 Å². The highest BCUT2D eigenvalue weighted by atomic mass is 16.5. The summed E-state index contributed by atoms with van der Waals surface area (Å²) in [6, 6.07) is 102. The van der Waals surface area contributed by atoms with Crippen LogP contribution in [0.1, 0.15) is 69.5 Å². The van der Waals surface area contributed by atoms with Crippen molar-refractivity contribution in [1.82, 2.24) is 4.57 Å². The summed E-state index contributed by atoms with van der Waals surface area (Å²) in [6.45, 7) is 17.0. The van der Waals surface area contributed by atoms with Gasteiger partial charge in [0.25, 0.3) is 0 Å². The molecule has 408 valence electrons. The fourth-order valence-corrected chi connectivity index (χ4v) is 13.2. The van der Waals surface area contributed by atoms with Gasteiger partial charge in [-0.1, -0.05) is 227 Å². The quantitative estimate of drug-likeness (QED) is 0.108. The van der Waals surface area contributed by atoms with Crippen molar-refractivity contribution in [3.8, 4) is 50.6 Å². The van der Waals surface area contributed by atoms with Gasteiger partial charge in [-0.25, -0.2) is 0 Å². The molecule has 1 heterocycles. The summed E-state index contributed by atoms with van der Waals surface area (Å²) >= 11 is 0. The first-order valence-corrected chi connectivity index (χ1v) is 29.4. The second kappa shape index (κ2) is 21.4. The Morgan fingerprint density at radius 2 is 0.906 bits per heavy atom. The van der Waals surface area contributed by atoms with Gasteiger partial charge in [0.15, 0.2) is 0 Å². The van der Waals surface area contributed by atoms with Crippen molar-refractivity contribution >= 4 is 51.0 Å². The summed E-state index contributed by atoms with van der Waals surface area (Å²) < 4.78 is 8.88. The molecule has 0 fully saturated rings. The molecule has 13 aromatic rings. The zero-order valence-corrected chi connectivity index (χ0v) is 48.4. The number of fused-ring (bicyclic) bond motifs is 6. The molecule has 0 bridgehead atoms. The summed E-state index contributed by atoms with van der Waals surface area (Å²) in [5.41, 5.74) is 24.9. The van der Waals surface area contributed by atoms with Crippen LogP contribution in [0.25, 0.3) is 73.0 Å². The van der Waals surface area contributed by atoms with Crippen molar-refractivity contribution < 1.29 is 4.74 Å². The summed E-state index contributed by atoms with van der Waals surface area (Å²) in [5, 5.41) is 2.42. The maximum Gasteiger partial charge on any atom is 0.127 e. The Morgan fingerprint density at radius 1 is 0.412 bits per heavy atom. The van der Waals surface area contributed by atoms with E-state index < -0.39 is 5.41 Å². The summed E-state index contributed by atoms with van der Waals surface area (Å²) in [4.78, 5) is 2.44. The minimum absolute atomic E-state index is 0.208. The second-order valence-electron chi connectivity index (χ2n) is 23.1. The molecule has 0 saturated carbocycles. The number of hydrogen-bond donors (Lipinski definition) is 0. The van der Waals surface area contributed by atoms with E-state index in [1.165, 1.54) is 88.6 Å². The summed E-state index contributed by atoms with van der Waals surface area (Å²) in [6.07, 6.45) is 3.74. The highest BCUT2D eigenvalue weighted by molar-refractivity contribution is 6.11. The highest BCUT2D eigenvalue weighted by Gasteiger charge is 2.47. The lowest BCUT2D eigenvalue weighted by Crippen LogP contribution is -2.30. The van der Waals surface area contributed by atoms with E-state index >= 15 is 0 Å². The van der Waals surface area contributed by atoms with Gasteiger partial charge in [-0.2, -0.15) is 0 Å². The largest absolute Gasteiger partial charge is 0.457 e. The fourth-order valence-electron chi connectivity index (χ4n) is 13.2. The fraction of sp³-hybridized carbons (Fsp3) is 0.0732. The highest BCUT2D eigenvalue weighted by Crippen LogP contribution is 2.58. The molecule has 0 radical (unpaired) electrons. The van der Waals surface area contributed by atoms with Gasteiger partial charge >= 0.3 is 0 Å². The third kappa shape index (κ3) is 9.17. The zero-order chi connectivity index (χ0) is 57.8. The van der Waals surface area contributed by atoms with Crippen molar-refractivity contribution in [2.75, 3.05) is 4.90 Å². The van der Waals surface area contributed by atoms with Crippen LogP contribution in [0.5, 0.6) is 11.5 Å². The van der Waals surface area contributed by atoms with Gasteiger partial charge in [0.2, 0.25) is 0 Å². The SMILES string of the molecule is C=Cc1ccc(Oc2ccc(C3(c4cc(C)ccc4C)c4ccccc4-c4ccc(N(c5ccc(-c6ccc7c(c6)c6cc(-c8ccc(C=C)cc8)ccc6n7-c6ccccc6)cc5)c5ccc(C(C)(C)c6ccccc6)cc5)cc43)cc2)cc1. The first-order valence-electron chi connectivity index (χ1n) is 29.4. The number of para-hydroxylation sites is 1. The lowest BCUT2D eigenvalue weighted by Gasteiger charge is -2.36. The van der Waals surface area contributed by atoms with E-state index in [-0.39, 0.29) is 5.41 Å². The van der Waals surface area contributed by atoms with E-state index in [1.807, 2.05) is 36.4 Å². The minimum atomic E-state index is -0.666. The van der Waals surface area contributed by atoms with E-state index in [9.17, 15) is 0 Å². The molecule has 0 saturated heterocycles. The molecule has 1 aliphatic rings. The third-order valence-electron chi connectivity index (χ3n) is 17.8. The number of nitrogens with zero attached hydrogens (tertiary/aromatic N) is 2. The summed E-state index contributed by atoms with van der Waals surface area (Å²) in [5.74, 6) is 1.56. The maximum absolute atomic E-state index is 6.49. The van der Waals surface area contributed by atoms with Crippen LogP contribution in [0, 0.1) is 13.8 Å². The molecule has 0 spiro atoms. The molecule has 1 aromatic heterocycles. The van der Waals surface area contributed by atoms with Crippen LogP contribution in [0.15, 0.2) is 292 Å². The van der Waals surface area contributed by atoms with Crippen LogP contribution >= 0.6 is 0 Å². The average molecular weight is 1090 g/mol. The van der Waals surface area contributed by atoms with Crippen LogP contribution < -0.4 is 9.64 Å².